The Labute approximate surface area is 515 Å². The van der Waals surface area contributed by atoms with Gasteiger partial charge in [0.1, 0.15) is 0 Å². The van der Waals surface area contributed by atoms with Crippen molar-refractivity contribution in [3.05, 3.63) is 287 Å². The Morgan fingerprint density at radius 1 is 0.159 bits per heavy atom. The van der Waals surface area contributed by atoms with E-state index in [9.17, 15) is 0 Å². The normalized spacial score (nSPS) is 12.1. The van der Waals surface area contributed by atoms with E-state index in [0.29, 0.717) is 0 Å². The van der Waals surface area contributed by atoms with Crippen molar-refractivity contribution in [2.45, 2.75) is 55.4 Å². The summed E-state index contributed by atoms with van der Waals surface area (Å²) in [4.78, 5) is 0. The minimum atomic E-state index is 1.20. The van der Waals surface area contributed by atoms with Gasteiger partial charge < -0.3 is 0 Å². The number of aryl methyl sites for hydroxylation is 8. The molecule has 0 N–H and O–H groups in total. The zero-order valence-corrected chi connectivity index (χ0v) is 51.1. The summed E-state index contributed by atoms with van der Waals surface area (Å²) in [5, 5.41) is 12.7. The van der Waals surface area contributed by atoms with Gasteiger partial charge >= 0.3 is 0 Å². The van der Waals surface area contributed by atoms with Gasteiger partial charge in [-0.05, 0) is 361 Å². The number of hydrogen-bond acceptors (Lipinski definition) is 0. The van der Waals surface area contributed by atoms with E-state index in [-0.39, 0.29) is 0 Å². The summed E-state index contributed by atoms with van der Waals surface area (Å²) < 4.78 is 0. The Bertz CT molecular complexity index is 5460. The summed E-state index contributed by atoms with van der Waals surface area (Å²) >= 11 is 0. The molecule has 15 aromatic carbocycles. The van der Waals surface area contributed by atoms with Crippen LogP contribution in [0.3, 0.4) is 0 Å². The van der Waals surface area contributed by atoms with Crippen LogP contribution in [0.15, 0.2) is 243 Å². The van der Waals surface area contributed by atoms with Crippen molar-refractivity contribution in [2.24, 2.45) is 0 Å². The molecule has 0 unspecified atom stereocenters. The van der Waals surface area contributed by atoms with Gasteiger partial charge in [0.05, 0.1) is 0 Å². The zero-order chi connectivity index (χ0) is 59.4. The van der Waals surface area contributed by atoms with Crippen molar-refractivity contribution in [3.8, 4) is 122 Å². The highest BCUT2D eigenvalue weighted by Crippen LogP contribution is 2.57. The molecule has 0 aromatic heterocycles. The maximum Gasteiger partial charge on any atom is -0.00255 e. The Hall–Kier alpha value is -10.4. The fourth-order valence-electron chi connectivity index (χ4n) is 16.2. The third kappa shape index (κ3) is 7.84. The Kier molecular flexibility index (Phi) is 11.6. The molecule has 88 heavy (non-hydrogen) atoms. The second kappa shape index (κ2) is 19.6. The van der Waals surface area contributed by atoms with Crippen molar-refractivity contribution >= 4 is 53.9 Å². The minimum Gasteiger partial charge on any atom is -0.0622 e. The van der Waals surface area contributed by atoms with Crippen LogP contribution in [0.1, 0.15) is 44.5 Å². The van der Waals surface area contributed by atoms with Crippen LogP contribution in [0.25, 0.3) is 176 Å². The van der Waals surface area contributed by atoms with Crippen LogP contribution in [0.5, 0.6) is 0 Å². The fraction of sp³-hybridized carbons (Fsp3) is 0.0909. The summed E-state index contributed by atoms with van der Waals surface area (Å²) in [7, 11) is 0. The highest BCUT2D eigenvalue weighted by Gasteiger charge is 2.30. The molecule has 0 heterocycles. The summed E-state index contributed by atoms with van der Waals surface area (Å²) in [6, 6.07) is 93.6. The number of rotatable bonds is 7. The molecule has 0 saturated carbocycles. The van der Waals surface area contributed by atoms with Gasteiger partial charge in [-0.3, -0.25) is 0 Å². The van der Waals surface area contributed by atoms with Gasteiger partial charge in [0.2, 0.25) is 0 Å². The van der Waals surface area contributed by atoms with E-state index in [0.717, 1.165) is 0 Å². The van der Waals surface area contributed by atoms with E-state index < -0.39 is 0 Å². The molecule has 0 fully saturated rings. The molecule has 0 radical (unpaired) electrons. The molecule has 0 nitrogen and oxygen atoms in total. The second-order valence-electron chi connectivity index (χ2n) is 25.5. The van der Waals surface area contributed by atoms with E-state index in [4.69, 9.17) is 0 Å². The molecule has 17 rings (SSSR count). The SMILES string of the molecule is Cc1cccc(C)c1-c1cc2c3c(cc(-c4c(C)cccc4C)cc3c1)-c1cc3c(ccc4c5cc6c(cc5c(-c5cc(-c7ccccc7)ccc5-c5ccccc5)cc34)-c3cc(-c4c(C)cccc4C)cc4cc(-c5c(C)cccc5C)cc-6c34)cc1-2. The molecular weight excluding hydrogens is 1060 g/mol. The third-order valence-electron chi connectivity index (χ3n) is 20.1. The Balaban J connectivity index is 0.994. The highest BCUT2D eigenvalue weighted by atomic mass is 14.3. The lowest BCUT2D eigenvalue weighted by atomic mass is 9.84. The lowest BCUT2D eigenvalue weighted by molar-refractivity contribution is 1.38. The van der Waals surface area contributed by atoms with Gasteiger partial charge in [-0.25, -0.2) is 0 Å². The van der Waals surface area contributed by atoms with Crippen molar-refractivity contribution in [3.63, 3.8) is 0 Å². The van der Waals surface area contributed by atoms with Gasteiger partial charge in [-0.2, -0.15) is 0 Å². The largest absolute Gasteiger partial charge is 0.0622 e. The molecule has 0 aliphatic heterocycles. The predicted octanol–water partition coefficient (Wildman–Crippen LogP) is 24.9. The van der Waals surface area contributed by atoms with E-state index in [1.807, 2.05) is 0 Å². The van der Waals surface area contributed by atoms with Crippen molar-refractivity contribution in [1.29, 1.82) is 0 Å². The third-order valence-corrected chi connectivity index (χ3v) is 20.1. The topological polar surface area (TPSA) is 0 Å². The molecule has 416 valence electrons. The average Bonchev–Trinajstić information content (AvgIpc) is 1.49. The van der Waals surface area contributed by atoms with E-state index in [2.05, 4.69) is 298 Å². The summed E-state index contributed by atoms with van der Waals surface area (Å²) in [6.45, 7) is 18.1. The van der Waals surface area contributed by atoms with Crippen molar-refractivity contribution < 1.29 is 0 Å². The molecule has 0 saturated heterocycles. The molecule has 15 aromatic rings. The monoisotopic (exact) mass is 1120 g/mol. The number of hydrogen-bond donors (Lipinski definition) is 0. The molecule has 0 amide bonds. The van der Waals surface area contributed by atoms with Gasteiger partial charge in [0.15, 0.2) is 0 Å². The van der Waals surface area contributed by atoms with Crippen LogP contribution in [-0.2, 0) is 0 Å². The lowest BCUT2D eigenvalue weighted by Gasteiger charge is -2.19. The minimum absolute atomic E-state index is 1.20. The summed E-state index contributed by atoms with van der Waals surface area (Å²) in [5.74, 6) is 0. The first-order chi connectivity index (χ1) is 42.9. The van der Waals surface area contributed by atoms with Crippen LogP contribution < -0.4 is 0 Å². The summed E-state index contributed by atoms with van der Waals surface area (Å²) in [6.07, 6.45) is 0. The first kappa shape index (κ1) is 52.0. The quantitative estimate of drug-likeness (QED) is 0.140. The predicted molar refractivity (Wildman–Crippen MR) is 379 cm³/mol. The van der Waals surface area contributed by atoms with E-state index >= 15 is 0 Å². The fourth-order valence-corrected chi connectivity index (χ4v) is 16.2. The van der Waals surface area contributed by atoms with Gasteiger partial charge in [-0.15, -0.1) is 0 Å². The van der Waals surface area contributed by atoms with Gasteiger partial charge in [0, 0.05) is 0 Å². The van der Waals surface area contributed by atoms with Gasteiger partial charge in [-0.1, -0.05) is 158 Å². The van der Waals surface area contributed by atoms with Crippen LogP contribution in [0.2, 0.25) is 0 Å². The maximum atomic E-state index is 2.59. The molecule has 0 bridgehead atoms. The lowest BCUT2D eigenvalue weighted by Crippen LogP contribution is -1.92. The maximum absolute atomic E-state index is 2.59. The first-order valence-corrected chi connectivity index (χ1v) is 31.2. The van der Waals surface area contributed by atoms with E-state index in [1.165, 1.54) is 221 Å². The highest BCUT2D eigenvalue weighted by molar-refractivity contribution is 6.28. The second-order valence-corrected chi connectivity index (χ2v) is 25.5. The van der Waals surface area contributed by atoms with Crippen LogP contribution in [-0.4, -0.2) is 0 Å². The van der Waals surface area contributed by atoms with Crippen molar-refractivity contribution in [2.75, 3.05) is 0 Å². The Morgan fingerprint density at radius 2 is 0.500 bits per heavy atom. The average molecular weight is 1120 g/mol. The molecule has 0 spiro atoms. The van der Waals surface area contributed by atoms with Crippen LogP contribution >= 0.6 is 0 Å². The summed E-state index contributed by atoms with van der Waals surface area (Å²) in [5.41, 5.74) is 38.3. The first-order valence-electron chi connectivity index (χ1n) is 31.2. The van der Waals surface area contributed by atoms with Gasteiger partial charge in [0.25, 0.3) is 0 Å². The molecule has 0 heteroatoms. The Morgan fingerprint density at radius 3 is 0.932 bits per heavy atom. The molecule has 0 atom stereocenters. The number of benzene rings is 15. The van der Waals surface area contributed by atoms with Crippen LogP contribution in [0, 0.1) is 55.4 Å². The van der Waals surface area contributed by atoms with Crippen LogP contribution in [0.4, 0.5) is 0 Å². The number of fused-ring (bicyclic) bond motifs is 11. The zero-order valence-electron chi connectivity index (χ0n) is 51.1. The molecule has 2 aliphatic carbocycles. The molecular formula is C88H64. The standard InChI is InChI=1S/C88H64/c1-49-19-15-20-50(2)83(49)63-35-61-36-64(84-51(3)21-16-22-52(84)4)42-80-76-45-69-60(40-71(76)79(41-63)87(61)80)32-34-68-72(69)46-74(70-39-59(57-27-11-9-12-28-57)31-33-67(70)58-29-13-10-14-30-58)75-48-78-77(47-73(68)75)81-43-65(85-53(5)23-17-24-54(85)6)37-62-38-66(44-82(78)88(62)81)86-55(7)25-18-26-56(86)8/h9-48H,1-8H3. The smallest absolute Gasteiger partial charge is 0.00255 e. The van der Waals surface area contributed by atoms with E-state index in [1.54, 1.807) is 0 Å². The molecule has 2 aliphatic rings. The van der Waals surface area contributed by atoms with Crippen molar-refractivity contribution in [1.82, 2.24) is 0 Å².